The Kier molecular flexibility index (Phi) is 5.84. The zero-order valence-electron chi connectivity index (χ0n) is 33.4. The van der Waals surface area contributed by atoms with E-state index >= 15 is 0 Å². The highest BCUT2D eigenvalue weighted by Gasteiger charge is 2.33. The average Bonchev–Trinajstić information content (AvgIpc) is 4.05. The van der Waals surface area contributed by atoms with E-state index in [1.807, 2.05) is 0 Å². The van der Waals surface area contributed by atoms with Gasteiger partial charge in [-0.3, -0.25) is 17.6 Å². The van der Waals surface area contributed by atoms with Crippen LogP contribution in [0.2, 0.25) is 0 Å². The van der Waals surface area contributed by atoms with Crippen LogP contribution >= 0.6 is 0 Å². The van der Waals surface area contributed by atoms with Crippen LogP contribution in [-0.2, 0) is 10.8 Å². The van der Waals surface area contributed by atoms with Gasteiger partial charge in [0.1, 0.15) is 0 Å². The molecule has 0 aliphatic heterocycles. The minimum absolute atomic E-state index is 0.0311. The highest BCUT2D eigenvalue weighted by molar-refractivity contribution is 6.37. The largest absolute Gasteiger partial charge is 0.277 e. The van der Waals surface area contributed by atoms with Crippen LogP contribution in [0.4, 0.5) is 0 Å². The van der Waals surface area contributed by atoms with Crippen LogP contribution in [0, 0.1) is 0 Å². The van der Waals surface area contributed by atoms with Crippen LogP contribution < -0.4 is 0 Å². The molecule has 0 N–H and O–H groups in total. The lowest BCUT2D eigenvalue weighted by atomic mass is 9.86. The summed E-state index contributed by atoms with van der Waals surface area (Å²) in [5.74, 6) is 1.88. The summed E-state index contributed by atoms with van der Waals surface area (Å²) in [5, 5.41) is 4.96. The first kappa shape index (κ1) is 32.2. The molecule has 6 heteroatoms. The smallest absolute Gasteiger partial charge is 0.220 e. The second-order valence-electron chi connectivity index (χ2n) is 18.4. The van der Waals surface area contributed by atoms with Gasteiger partial charge in [0.25, 0.3) is 0 Å². The quantitative estimate of drug-likeness (QED) is 0.177. The Labute approximate surface area is 333 Å². The molecule has 0 atom stereocenters. The summed E-state index contributed by atoms with van der Waals surface area (Å²) in [6.07, 6.45) is 0. The maximum absolute atomic E-state index is 5.49. The van der Waals surface area contributed by atoms with Gasteiger partial charge in [0, 0.05) is 21.5 Å². The van der Waals surface area contributed by atoms with Crippen molar-refractivity contribution < 1.29 is 0 Å². The van der Waals surface area contributed by atoms with E-state index < -0.39 is 0 Å². The molecule has 0 fully saturated rings. The van der Waals surface area contributed by atoms with E-state index in [0.29, 0.717) is 0 Å². The third-order valence-corrected chi connectivity index (χ3v) is 12.9. The molecule has 13 rings (SSSR count). The number of imidazole rings is 4. The zero-order chi connectivity index (χ0) is 39.0. The van der Waals surface area contributed by atoms with Crippen molar-refractivity contribution in [3.05, 3.63) is 145 Å². The van der Waals surface area contributed by atoms with E-state index in [1.54, 1.807) is 0 Å². The molecule has 0 saturated carbocycles. The van der Waals surface area contributed by atoms with Crippen molar-refractivity contribution >= 4 is 88.3 Å². The fourth-order valence-corrected chi connectivity index (χ4v) is 10.0. The van der Waals surface area contributed by atoms with Crippen molar-refractivity contribution in [3.63, 3.8) is 0 Å². The summed E-state index contributed by atoms with van der Waals surface area (Å²) in [7, 11) is 0. The molecule has 0 spiro atoms. The van der Waals surface area contributed by atoms with Crippen molar-refractivity contribution in [2.24, 2.45) is 0 Å². The maximum Gasteiger partial charge on any atom is 0.220 e. The highest BCUT2D eigenvalue weighted by Crippen LogP contribution is 2.50. The van der Waals surface area contributed by atoms with Crippen LogP contribution in [0.1, 0.15) is 52.7 Å². The topological polar surface area (TPSA) is 43.4 Å². The molecule has 0 unspecified atom stereocenters. The van der Waals surface area contributed by atoms with Crippen molar-refractivity contribution in [2.45, 2.75) is 52.4 Å². The van der Waals surface area contributed by atoms with Gasteiger partial charge < -0.3 is 0 Å². The second kappa shape index (κ2) is 10.5. The number of nitrogens with zero attached hydrogens (tertiary/aromatic N) is 6. The monoisotopic (exact) mass is 748 g/mol. The van der Waals surface area contributed by atoms with Crippen molar-refractivity contribution in [3.8, 4) is 22.3 Å². The highest BCUT2D eigenvalue weighted by atomic mass is 15.2. The van der Waals surface area contributed by atoms with Gasteiger partial charge in [-0.05, 0) is 92.7 Å². The summed E-state index contributed by atoms with van der Waals surface area (Å²) < 4.78 is 9.82. The molecule has 0 radical (unpaired) electrons. The van der Waals surface area contributed by atoms with Crippen LogP contribution in [0.5, 0.6) is 0 Å². The minimum Gasteiger partial charge on any atom is -0.277 e. The number of hydrogen-bond donors (Lipinski definition) is 0. The standard InChI is InChI=1S/C52H40N6/c1-51(2,3)33-19-23-39-35(27-33)43-45-48(58-42-26-32(30-15-11-8-12-16-30)18-22-38(42)53-49(58)55(39)45)44-36-28-34(52(4,5)6)20-24-40(36)56-46(44)47(43)57-41-25-31(29-13-9-7-10-14-29)17-21-37(41)54-50(56)57/h7-28H,1-6H3. The van der Waals surface area contributed by atoms with Crippen LogP contribution in [0.25, 0.3) is 111 Å². The number of fused-ring (bicyclic) bond motifs is 18. The Bertz CT molecular complexity index is 3590. The third kappa shape index (κ3) is 3.97. The van der Waals surface area contributed by atoms with Gasteiger partial charge in [-0.25, -0.2) is 9.97 Å². The maximum atomic E-state index is 5.49. The van der Waals surface area contributed by atoms with E-state index in [0.717, 1.165) is 33.6 Å². The fraction of sp³-hybridized carbons (Fsp3) is 0.154. The molecule has 0 bridgehead atoms. The molecule has 278 valence electrons. The summed E-state index contributed by atoms with van der Waals surface area (Å²) in [5.41, 5.74) is 18.6. The fourth-order valence-electron chi connectivity index (χ4n) is 10.0. The van der Waals surface area contributed by atoms with Crippen LogP contribution in [-0.4, -0.2) is 27.6 Å². The van der Waals surface area contributed by atoms with Gasteiger partial charge in [-0.15, -0.1) is 0 Å². The first-order valence-corrected chi connectivity index (χ1v) is 20.4. The van der Waals surface area contributed by atoms with Gasteiger partial charge in [0.15, 0.2) is 0 Å². The lowest BCUT2D eigenvalue weighted by Crippen LogP contribution is -2.10. The Morgan fingerprint density at radius 1 is 0.362 bits per heavy atom. The molecule has 6 heterocycles. The SMILES string of the molecule is CC(C)(C)c1ccc2c(c1)c1c3c4c(c5cc(C(C)(C)C)ccc5n4c4nc5ccc(-c6ccccc6)cc5n34)c3c1n2c1nc2ccc(-c4ccccc4)cc2n31. The van der Waals surface area contributed by atoms with Gasteiger partial charge in [0.2, 0.25) is 11.6 Å². The number of aromatic nitrogens is 6. The predicted molar refractivity (Wildman–Crippen MR) is 242 cm³/mol. The van der Waals surface area contributed by atoms with Gasteiger partial charge >= 0.3 is 0 Å². The summed E-state index contributed by atoms with van der Waals surface area (Å²) in [4.78, 5) is 11.0. The minimum atomic E-state index is -0.0311. The first-order chi connectivity index (χ1) is 28.0. The van der Waals surface area contributed by atoms with E-state index in [4.69, 9.17) is 9.97 Å². The molecular weight excluding hydrogens is 709 g/mol. The van der Waals surface area contributed by atoms with Gasteiger partial charge in [-0.1, -0.05) is 126 Å². The zero-order valence-corrected chi connectivity index (χ0v) is 33.4. The first-order valence-electron chi connectivity index (χ1n) is 20.4. The molecule has 6 aromatic heterocycles. The van der Waals surface area contributed by atoms with E-state index in [2.05, 4.69) is 193 Å². The van der Waals surface area contributed by atoms with E-state index in [-0.39, 0.29) is 10.8 Å². The van der Waals surface area contributed by atoms with E-state index in [1.165, 1.54) is 88.0 Å². The van der Waals surface area contributed by atoms with Crippen molar-refractivity contribution in [1.82, 2.24) is 27.6 Å². The molecule has 7 aromatic carbocycles. The van der Waals surface area contributed by atoms with Crippen LogP contribution in [0.3, 0.4) is 0 Å². The average molecular weight is 749 g/mol. The summed E-state index contributed by atoms with van der Waals surface area (Å²) >= 11 is 0. The summed E-state index contributed by atoms with van der Waals surface area (Å²) in [6.45, 7) is 13.9. The van der Waals surface area contributed by atoms with Gasteiger partial charge in [-0.2, -0.15) is 0 Å². The van der Waals surface area contributed by atoms with Crippen molar-refractivity contribution in [2.75, 3.05) is 0 Å². The molecular formula is C52H40N6. The van der Waals surface area contributed by atoms with Crippen molar-refractivity contribution in [1.29, 1.82) is 0 Å². The Morgan fingerprint density at radius 2 is 0.741 bits per heavy atom. The van der Waals surface area contributed by atoms with E-state index in [9.17, 15) is 0 Å². The lowest BCUT2D eigenvalue weighted by molar-refractivity contribution is 0.591. The normalized spacial score (nSPS) is 13.3. The lowest BCUT2D eigenvalue weighted by Gasteiger charge is -2.19. The number of hydrogen-bond acceptors (Lipinski definition) is 2. The molecule has 13 aromatic rings. The molecule has 58 heavy (non-hydrogen) atoms. The Balaban J connectivity index is 1.33. The number of benzene rings is 7. The summed E-state index contributed by atoms with van der Waals surface area (Å²) in [6, 6.07) is 49.1. The molecule has 0 saturated heterocycles. The van der Waals surface area contributed by atoms with Gasteiger partial charge in [0.05, 0.1) is 55.2 Å². The molecule has 0 aliphatic rings. The molecule has 0 amide bonds. The predicted octanol–water partition coefficient (Wildman–Crippen LogP) is 13.2. The number of rotatable bonds is 2. The Morgan fingerprint density at radius 3 is 1.12 bits per heavy atom. The third-order valence-electron chi connectivity index (χ3n) is 12.9. The van der Waals surface area contributed by atoms with Crippen LogP contribution in [0.15, 0.2) is 133 Å². The molecule has 0 aliphatic carbocycles. The second-order valence-corrected chi connectivity index (χ2v) is 18.4. The Hall–Kier alpha value is -6.92. The molecule has 6 nitrogen and oxygen atoms in total.